The summed E-state index contributed by atoms with van der Waals surface area (Å²) in [7, 11) is 0. The lowest BCUT2D eigenvalue weighted by Gasteiger charge is -2.14. The van der Waals surface area contributed by atoms with Crippen LogP contribution in [0.25, 0.3) is 11.1 Å². The molecule has 0 aliphatic rings. The second kappa shape index (κ2) is 8.95. The van der Waals surface area contributed by atoms with Crippen LogP contribution in [-0.2, 0) is 4.79 Å². The van der Waals surface area contributed by atoms with Crippen molar-refractivity contribution in [2.24, 2.45) is 0 Å². The summed E-state index contributed by atoms with van der Waals surface area (Å²) < 4.78 is 13.0. The molecule has 1 atom stereocenters. The van der Waals surface area contributed by atoms with E-state index in [1.807, 2.05) is 42.5 Å². The zero-order valence-corrected chi connectivity index (χ0v) is 15.5. The van der Waals surface area contributed by atoms with Crippen molar-refractivity contribution >= 4 is 11.8 Å². The molecule has 0 aromatic heterocycles. The molecule has 0 spiro atoms. The predicted molar refractivity (Wildman–Crippen MR) is 107 cm³/mol. The van der Waals surface area contributed by atoms with E-state index in [0.29, 0.717) is 5.56 Å². The number of hydrogen-bond donors (Lipinski definition) is 2. The lowest BCUT2D eigenvalue weighted by molar-refractivity contribution is -0.120. The van der Waals surface area contributed by atoms with Gasteiger partial charge < -0.3 is 10.6 Å². The minimum Gasteiger partial charge on any atom is -0.348 e. The van der Waals surface area contributed by atoms with Gasteiger partial charge in [0.05, 0.1) is 12.6 Å². The first-order valence-electron chi connectivity index (χ1n) is 9.01. The highest BCUT2D eigenvalue weighted by molar-refractivity contribution is 5.96. The quantitative estimate of drug-likeness (QED) is 0.680. The summed E-state index contributed by atoms with van der Waals surface area (Å²) in [5, 5.41) is 5.39. The minimum absolute atomic E-state index is 0.134. The van der Waals surface area contributed by atoms with Crippen molar-refractivity contribution in [1.29, 1.82) is 0 Å². The lowest BCUT2D eigenvalue weighted by atomic mass is 10.0. The predicted octanol–water partition coefficient (Wildman–Crippen LogP) is 4.10. The average Bonchev–Trinajstić information content (AvgIpc) is 2.73. The van der Waals surface area contributed by atoms with E-state index in [1.165, 1.54) is 12.1 Å². The second-order valence-electron chi connectivity index (χ2n) is 6.47. The largest absolute Gasteiger partial charge is 0.348 e. The number of hydrogen-bond acceptors (Lipinski definition) is 2. The van der Waals surface area contributed by atoms with Crippen molar-refractivity contribution in [3.05, 3.63) is 95.8 Å². The third kappa shape index (κ3) is 5.04. The van der Waals surface area contributed by atoms with E-state index in [-0.39, 0.29) is 30.2 Å². The van der Waals surface area contributed by atoms with Gasteiger partial charge in [0.15, 0.2) is 0 Å². The summed E-state index contributed by atoms with van der Waals surface area (Å²) in [6.07, 6.45) is 0. The molecule has 3 rings (SSSR count). The number of amides is 2. The summed E-state index contributed by atoms with van der Waals surface area (Å²) >= 11 is 0. The van der Waals surface area contributed by atoms with Gasteiger partial charge in [-0.1, -0.05) is 54.6 Å². The van der Waals surface area contributed by atoms with Crippen molar-refractivity contribution in [2.45, 2.75) is 13.0 Å². The van der Waals surface area contributed by atoms with Gasteiger partial charge in [-0.05, 0) is 47.9 Å². The topological polar surface area (TPSA) is 58.2 Å². The number of carbonyl (C=O) groups is 2. The maximum atomic E-state index is 13.0. The molecule has 1 unspecified atom stereocenters. The smallest absolute Gasteiger partial charge is 0.251 e. The first-order valence-corrected chi connectivity index (χ1v) is 9.01. The van der Waals surface area contributed by atoms with Crippen LogP contribution in [0.1, 0.15) is 28.9 Å². The zero-order valence-electron chi connectivity index (χ0n) is 15.5. The molecule has 0 bridgehead atoms. The third-order valence-electron chi connectivity index (χ3n) is 4.41. The van der Waals surface area contributed by atoms with Gasteiger partial charge in [-0.25, -0.2) is 4.39 Å². The molecule has 0 radical (unpaired) electrons. The molecule has 28 heavy (non-hydrogen) atoms. The van der Waals surface area contributed by atoms with Gasteiger partial charge in [-0.15, -0.1) is 0 Å². The summed E-state index contributed by atoms with van der Waals surface area (Å²) in [6, 6.07) is 22.7. The maximum Gasteiger partial charge on any atom is 0.251 e. The Morgan fingerprint density at radius 1 is 0.857 bits per heavy atom. The van der Waals surface area contributed by atoms with E-state index in [2.05, 4.69) is 10.6 Å². The minimum atomic E-state index is -0.326. The van der Waals surface area contributed by atoms with Crippen LogP contribution in [0.5, 0.6) is 0 Å². The number of halogens is 1. The van der Waals surface area contributed by atoms with Crippen LogP contribution in [0, 0.1) is 5.82 Å². The molecule has 5 heteroatoms. The van der Waals surface area contributed by atoms with Crippen LogP contribution in [-0.4, -0.2) is 18.4 Å². The van der Waals surface area contributed by atoms with Gasteiger partial charge >= 0.3 is 0 Å². The standard InChI is InChI=1S/C23H21FN2O2/c1-16(17-11-13-21(24)14-12-17)26-22(27)15-25-23(28)20-9-7-19(8-10-20)18-5-3-2-4-6-18/h2-14,16H,15H2,1H3,(H,25,28)(H,26,27). The van der Waals surface area contributed by atoms with E-state index < -0.39 is 0 Å². The SMILES string of the molecule is CC(NC(=O)CNC(=O)c1ccc(-c2ccccc2)cc1)c1ccc(F)cc1. The average molecular weight is 376 g/mol. The Labute approximate surface area is 163 Å². The molecule has 0 fully saturated rings. The lowest BCUT2D eigenvalue weighted by Crippen LogP contribution is -2.38. The Bertz CT molecular complexity index is 939. The number of nitrogens with one attached hydrogen (secondary N) is 2. The fourth-order valence-electron chi connectivity index (χ4n) is 2.83. The molecule has 4 nitrogen and oxygen atoms in total. The first kappa shape index (κ1) is 19.3. The Morgan fingerprint density at radius 3 is 2.11 bits per heavy atom. The van der Waals surface area contributed by atoms with Gasteiger partial charge in [-0.3, -0.25) is 9.59 Å². The highest BCUT2D eigenvalue weighted by Gasteiger charge is 2.12. The number of rotatable bonds is 6. The van der Waals surface area contributed by atoms with Crippen LogP contribution < -0.4 is 10.6 Å². The van der Waals surface area contributed by atoms with Gasteiger partial charge in [0.2, 0.25) is 5.91 Å². The fraction of sp³-hybridized carbons (Fsp3) is 0.130. The molecule has 0 heterocycles. The molecule has 0 aliphatic carbocycles. The summed E-state index contributed by atoms with van der Waals surface area (Å²) in [5.41, 5.74) is 3.36. The van der Waals surface area contributed by atoms with Crippen molar-refractivity contribution in [2.75, 3.05) is 6.54 Å². The zero-order chi connectivity index (χ0) is 19.9. The van der Waals surface area contributed by atoms with Gasteiger partial charge in [0, 0.05) is 5.56 Å². The first-order chi connectivity index (χ1) is 13.5. The Balaban J connectivity index is 1.52. The maximum absolute atomic E-state index is 13.0. The molecule has 3 aromatic rings. The van der Waals surface area contributed by atoms with Crippen LogP contribution in [0.4, 0.5) is 4.39 Å². The highest BCUT2D eigenvalue weighted by Crippen LogP contribution is 2.19. The molecule has 2 N–H and O–H groups in total. The monoisotopic (exact) mass is 376 g/mol. The van der Waals surface area contributed by atoms with Gasteiger partial charge in [-0.2, -0.15) is 0 Å². The summed E-state index contributed by atoms with van der Waals surface area (Å²) in [6.45, 7) is 1.67. The van der Waals surface area contributed by atoms with Crippen LogP contribution in [0.2, 0.25) is 0 Å². The van der Waals surface area contributed by atoms with Gasteiger partial charge in [0.25, 0.3) is 5.91 Å². The van der Waals surface area contributed by atoms with Crippen LogP contribution in [0.3, 0.4) is 0 Å². The molecule has 3 aromatic carbocycles. The van der Waals surface area contributed by atoms with E-state index in [4.69, 9.17) is 0 Å². The second-order valence-corrected chi connectivity index (χ2v) is 6.47. The summed E-state index contributed by atoms with van der Waals surface area (Å²) in [4.78, 5) is 24.3. The van der Waals surface area contributed by atoms with Gasteiger partial charge in [0.1, 0.15) is 5.82 Å². The van der Waals surface area contributed by atoms with Crippen LogP contribution in [0.15, 0.2) is 78.9 Å². The molecule has 0 saturated heterocycles. The molecule has 0 saturated carbocycles. The van der Waals surface area contributed by atoms with Crippen LogP contribution >= 0.6 is 0 Å². The molecule has 142 valence electrons. The van der Waals surface area contributed by atoms with E-state index in [9.17, 15) is 14.0 Å². The molecule has 0 aliphatic heterocycles. The summed E-state index contributed by atoms with van der Waals surface area (Å²) in [5.74, 6) is -0.955. The number of benzene rings is 3. The van der Waals surface area contributed by atoms with Crippen molar-refractivity contribution in [3.8, 4) is 11.1 Å². The Hall–Kier alpha value is -3.47. The fourth-order valence-corrected chi connectivity index (χ4v) is 2.83. The molecule has 2 amide bonds. The Kier molecular flexibility index (Phi) is 6.17. The van der Waals surface area contributed by atoms with E-state index in [1.54, 1.807) is 31.2 Å². The highest BCUT2D eigenvalue weighted by atomic mass is 19.1. The van der Waals surface area contributed by atoms with E-state index in [0.717, 1.165) is 16.7 Å². The molecular formula is C23H21FN2O2. The van der Waals surface area contributed by atoms with Crippen molar-refractivity contribution in [3.63, 3.8) is 0 Å². The normalized spacial score (nSPS) is 11.5. The number of carbonyl (C=O) groups excluding carboxylic acids is 2. The van der Waals surface area contributed by atoms with Crippen molar-refractivity contribution in [1.82, 2.24) is 10.6 Å². The van der Waals surface area contributed by atoms with E-state index >= 15 is 0 Å². The van der Waals surface area contributed by atoms with Crippen molar-refractivity contribution < 1.29 is 14.0 Å². The molecular weight excluding hydrogens is 355 g/mol. The Morgan fingerprint density at radius 2 is 1.46 bits per heavy atom. The third-order valence-corrected chi connectivity index (χ3v) is 4.41.